The first kappa shape index (κ1) is 17.9. The van der Waals surface area contributed by atoms with Crippen molar-refractivity contribution in [1.82, 2.24) is 4.47 Å². The van der Waals surface area contributed by atoms with Crippen LogP contribution < -0.4 is 0 Å². The Morgan fingerprint density at radius 1 is 1.04 bits per heavy atom. The van der Waals surface area contributed by atoms with Crippen LogP contribution in [0.2, 0.25) is 0 Å². The van der Waals surface area contributed by atoms with E-state index in [4.69, 9.17) is 16.4 Å². The van der Waals surface area contributed by atoms with Gasteiger partial charge in [0.05, 0.1) is 11.5 Å². The van der Waals surface area contributed by atoms with Gasteiger partial charge in [-0.3, -0.25) is 4.84 Å². The summed E-state index contributed by atoms with van der Waals surface area (Å²) < 4.78 is 26.5. The summed E-state index contributed by atoms with van der Waals surface area (Å²) in [5.74, 6) is 0.370. The average molecular weight is 354 g/mol. The molecule has 0 N–H and O–H groups in total. The van der Waals surface area contributed by atoms with Crippen molar-refractivity contribution >= 4 is 21.6 Å². The van der Waals surface area contributed by atoms with Crippen LogP contribution >= 0.6 is 11.6 Å². The van der Waals surface area contributed by atoms with Gasteiger partial charge in [-0.25, -0.2) is 8.42 Å². The molecule has 2 rings (SSSR count). The highest BCUT2D eigenvalue weighted by atomic mass is 35.5. The Bertz CT molecular complexity index is 702. The van der Waals surface area contributed by atoms with Gasteiger partial charge >= 0.3 is 0 Å². The van der Waals surface area contributed by atoms with Crippen LogP contribution in [0.1, 0.15) is 17.5 Å². The van der Waals surface area contributed by atoms with Crippen molar-refractivity contribution in [2.75, 3.05) is 12.4 Å². The molecule has 0 bridgehead atoms. The van der Waals surface area contributed by atoms with E-state index >= 15 is 0 Å². The largest absolute Gasteiger partial charge is 0.279 e. The second-order valence-corrected chi connectivity index (χ2v) is 7.35. The summed E-state index contributed by atoms with van der Waals surface area (Å²) in [6.07, 6.45) is 0.515. The van der Waals surface area contributed by atoms with E-state index in [-0.39, 0.29) is 18.0 Å². The highest BCUT2D eigenvalue weighted by Crippen LogP contribution is 2.18. The van der Waals surface area contributed by atoms with Crippen LogP contribution in [0.3, 0.4) is 0 Å². The molecule has 0 spiro atoms. The topological polar surface area (TPSA) is 46.6 Å². The molecule has 0 aliphatic rings. The Labute approximate surface area is 142 Å². The normalized spacial score (nSPS) is 11.8. The molecule has 2 aromatic rings. The second kappa shape index (κ2) is 8.45. The fraction of sp³-hybridized carbons (Fsp3) is 0.294. The summed E-state index contributed by atoms with van der Waals surface area (Å²) in [7, 11) is -3.71. The molecule has 0 unspecified atom stereocenters. The fourth-order valence-electron chi connectivity index (χ4n) is 1.99. The third-order valence-corrected chi connectivity index (χ3v) is 5.24. The molecule has 0 atom stereocenters. The number of halogens is 1. The summed E-state index contributed by atoms with van der Waals surface area (Å²) in [6, 6.07) is 16.2. The Morgan fingerprint density at radius 2 is 1.70 bits per heavy atom. The zero-order valence-corrected chi connectivity index (χ0v) is 14.6. The summed E-state index contributed by atoms with van der Waals surface area (Å²) in [4.78, 5) is 5.78. The number of hydrogen-bond acceptors (Lipinski definition) is 3. The van der Waals surface area contributed by atoms with E-state index in [1.54, 1.807) is 24.3 Å². The Hall–Kier alpha value is -1.40. The minimum atomic E-state index is -3.71. The number of hydroxylamine groups is 1. The summed E-state index contributed by atoms with van der Waals surface area (Å²) in [6.45, 7) is 2.31. The van der Waals surface area contributed by atoms with Gasteiger partial charge in [-0.1, -0.05) is 52.5 Å². The zero-order chi connectivity index (χ0) is 16.7. The van der Waals surface area contributed by atoms with Gasteiger partial charge in [0.25, 0.3) is 10.0 Å². The average Bonchev–Trinajstić information content (AvgIpc) is 2.56. The summed E-state index contributed by atoms with van der Waals surface area (Å²) in [5, 5.41) is 0. The van der Waals surface area contributed by atoms with E-state index in [9.17, 15) is 8.42 Å². The molecular weight excluding hydrogens is 334 g/mol. The van der Waals surface area contributed by atoms with Gasteiger partial charge in [-0.2, -0.15) is 0 Å². The number of sulfonamides is 1. The number of hydrogen-bond donors (Lipinski definition) is 0. The zero-order valence-electron chi connectivity index (χ0n) is 13.0. The molecule has 0 amide bonds. The van der Waals surface area contributed by atoms with Crippen LogP contribution in [0.4, 0.5) is 0 Å². The molecule has 0 saturated heterocycles. The first-order valence-corrected chi connectivity index (χ1v) is 9.33. The highest BCUT2D eigenvalue weighted by molar-refractivity contribution is 7.89. The van der Waals surface area contributed by atoms with Crippen molar-refractivity contribution in [3.8, 4) is 0 Å². The number of nitrogens with zero attached hydrogens (tertiary/aromatic N) is 1. The molecule has 124 valence electrons. The lowest BCUT2D eigenvalue weighted by molar-refractivity contribution is -0.0958. The maximum absolute atomic E-state index is 12.7. The summed E-state index contributed by atoms with van der Waals surface area (Å²) in [5.41, 5.74) is 1.91. The van der Waals surface area contributed by atoms with Crippen LogP contribution in [0.5, 0.6) is 0 Å². The van der Waals surface area contributed by atoms with E-state index < -0.39 is 10.0 Å². The van der Waals surface area contributed by atoms with Gasteiger partial charge in [-0.05, 0) is 31.0 Å². The van der Waals surface area contributed by atoms with E-state index in [0.29, 0.717) is 12.3 Å². The molecule has 6 heteroatoms. The first-order chi connectivity index (χ1) is 11.0. The van der Waals surface area contributed by atoms with E-state index in [2.05, 4.69) is 0 Å². The number of alkyl halides is 1. The second-order valence-electron chi connectivity index (χ2n) is 5.15. The van der Waals surface area contributed by atoms with Crippen molar-refractivity contribution in [3.63, 3.8) is 0 Å². The van der Waals surface area contributed by atoms with E-state index in [1.807, 2.05) is 37.3 Å². The van der Waals surface area contributed by atoms with Gasteiger partial charge in [0, 0.05) is 12.4 Å². The van der Waals surface area contributed by atoms with Gasteiger partial charge in [0.15, 0.2) is 0 Å². The predicted molar refractivity (Wildman–Crippen MR) is 91.6 cm³/mol. The molecular formula is C17H20ClNO3S. The molecule has 0 aromatic heterocycles. The number of rotatable bonds is 8. The van der Waals surface area contributed by atoms with Crippen LogP contribution in [0, 0.1) is 6.92 Å². The smallest absolute Gasteiger partial charge is 0.265 e. The SMILES string of the molecule is Cc1ccc(S(=O)(=O)N(CCCCl)OCc2ccccc2)cc1. The Morgan fingerprint density at radius 3 is 2.30 bits per heavy atom. The molecule has 0 fully saturated rings. The lowest BCUT2D eigenvalue weighted by Crippen LogP contribution is -2.32. The molecule has 0 heterocycles. The lowest BCUT2D eigenvalue weighted by atomic mass is 10.2. The molecule has 0 aliphatic carbocycles. The predicted octanol–water partition coefficient (Wildman–Crippen LogP) is 3.75. The third kappa shape index (κ3) is 5.04. The molecule has 0 saturated carbocycles. The first-order valence-electron chi connectivity index (χ1n) is 7.36. The molecule has 0 radical (unpaired) electrons. The maximum Gasteiger partial charge on any atom is 0.265 e. The standard InChI is InChI=1S/C17H20ClNO3S/c1-15-8-10-17(11-9-15)23(20,21)19(13-5-12-18)22-14-16-6-3-2-4-7-16/h2-4,6-11H,5,12-14H2,1H3. The van der Waals surface area contributed by atoms with E-state index in [1.165, 1.54) is 0 Å². The quantitative estimate of drug-likeness (QED) is 0.536. The Balaban J connectivity index is 2.17. The molecule has 4 nitrogen and oxygen atoms in total. The van der Waals surface area contributed by atoms with Gasteiger partial charge in [0.1, 0.15) is 0 Å². The van der Waals surface area contributed by atoms with Crippen molar-refractivity contribution in [2.45, 2.75) is 24.8 Å². The Kier molecular flexibility index (Phi) is 6.59. The van der Waals surface area contributed by atoms with Crippen LogP contribution in [-0.2, 0) is 21.5 Å². The highest BCUT2D eigenvalue weighted by Gasteiger charge is 2.25. The van der Waals surface area contributed by atoms with Gasteiger partial charge in [-0.15, -0.1) is 11.6 Å². The van der Waals surface area contributed by atoms with Gasteiger partial charge in [0.2, 0.25) is 0 Å². The third-order valence-electron chi connectivity index (χ3n) is 3.28. The minimum Gasteiger partial charge on any atom is -0.279 e. The van der Waals surface area contributed by atoms with Crippen molar-refractivity contribution in [3.05, 3.63) is 65.7 Å². The maximum atomic E-state index is 12.7. The van der Waals surface area contributed by atoms with Crippen LogP contribution in [0.25, 0.3) is 0 Å². The monoisotopic (exact) mass is 353 g/mol. The fourth-order valence-corrected chi connectivity index (χ4v) is 3.39. The molecule has 0 aliphatic heterocycles. The van der Waals surface area contributed by atoms with Crippen molar-refractivity contribution < 1.29 is 13.3 Å². The van der Waals surface area contributed by atoms with Crippen LogP contribution in [0.15, 0.2) is 59.5 Å². The lowest BCUT2D eigenvalue weighted by Gasteiger charge is -2.21. The molecule has 2 aromatic carbocycles. The minimum absolute atomic E-state index is 0.189. The van der Waals surface area contributed by atoms with Crippen LogP contribution in [-0.4, -0.2) is 25.3 Å². The van der Waals surface area contributed by atoms with Crippen molar-refractivity contribution in [2.24, 2.45) is 0 Å². The van der Waals surface area contributed by atoms with Crippen molar-refractivity contribution in [1.29, 1.82) is 0 Å². The number of benzene rings is 2. The number of aryl methyl sites for hydroxylation is 1. The molecule has 23 heavy (non-hydrogen) atoms. The van der Waals surface area contributed by atoms with Gasteiger partial charge < -0.3 is 0 Å². The summed E-state index contributed by atoms with van der Waals surface area (Å²) >= 11 is 5.70. The van der Waals surface area contributed by atoms with E-state index in [0.717, 1.165) is 15.6 Å².